The van der Waals surface area contributed by atoms with Gasteiger partial charge in [0.15, 0.2) is 6.61 Å². The number of amides is 1. The van der Waals surface area contributed by atoms with E-state index in [1.165, 1.54) is 17.6 Å². The number of carbonyl (C=O) groups is 2. The highest BCUT2D eigenvalue weighted by molar-refractivity contribution is 7.21. The largest absolute Gasteiger partial charge is 0.483 e. The van der Waals surface area contributed by atoms with Crippen molar-refractivity contribution in [3.63, 3.8) is 0 Å². The molecule has 0 aliphatic carbocycles. The Hall–Kier alpha value is -4.20. The molecule has 0 saturated carbocycles. The van der Waals surface area contributed by atoms with Crippen LogP contribution in [0.4, 0.5) is 0 Å². The van der Waals surface area contributed by atoms with E-state index < -0.39 is 11.9 Å². The van der Waals surface area contributed by atoms with Crippen LogP contribution in [0.5, 0.6) is 11.5 Å². The van der Waals surface area contributed by atoms with Gasteiger partial charge in [-0.2, -0.15) is 5.10 Å². The van der Waals surface area contributed by atoms with Crippen LogP contribution in [0.2, 0.25) is 5.02 Å². The van der Waals surface area contributed by atoms with Crippen LogP contribution in [0.25, 0.3) is 20.9 Å². The summed E-state index contributed by atoms with van der Waals surface area (Å²) in [5.74, 6) is -0.0781. The van der Waals surface area contributed by atoms with E-state index in [4.69, 9.17) is 21.1 Å². The topological polar surface area (TPSA) is 77.0 Å². The Bertz CT molecular complexity index is 1610. The van der Waals surface area contributed by atoms with Gasteiger partial charge in [-0.05, 0) is 29.7 Å². The first-order chi connectivity index (χ1) is 17.6. The average Bonchev–Trinajstić information content (AvgIpc) is 3.25. The van der Waals surface area contributed by atoms with Crippen LogP contribution in [0, 0.1) is 0 Å². The molecule has 4 aromatic carbocycles. The summed E-state index contributed by atoms with van der Waals surface area (Å²) < 4.78 is 12.2. The molecule has 5 rings (SSSR count). The normalized spacial score (nSPS) is 11.1. The number of hydrogen-bond donors (Lipinski definition) is 1. The standard InChI is InChI=1S/C28H19ClN2O4S/c29-26-21-12-4-6-15-24(21)36-27(26)28(33)35-22-13-5-2-9-19(22)16-30-31-25(32)17-34-23-14-7-10-18-8-1-3-11-20(18)23/h1-16H,17H2,(H,31,32)/b30-16+. The first-order valence-corrected chi connectivity index (χ1v) is 12.2. The Morgan fingerprint density at radius 3 is 2.42 bits per heavy atom. The van der Waals surface area contributed by atoms with Crippen LogP contribution >= 0.6 is 22.9 Å². The average molecular weight is 515 g/mol. The van der Waals surface area contributed by atoms with E-state index >= 15 is 0 Å². The molecule has 0 bridgehead atoms. The zero-order chi connectivity index (χ0) is 24.9. The molecular formula is C28H19ClN2O4S. The van der Waals surface area contributed by atoms with Crippen LogP contribution in [0.15, 0.2) is 96.1 Å². The number of ether oxygens (including phenoxy) is 2. The number of rotatable bonds is 7. The Labute approximate surface area is 215 Å². The molecule has 1 heterocycles. The number of fused-ring (bicyclic) bond motifs is 2. The summed E-state index contributed by atoms with van der Waals surface area (Å²) in [6, 6.07) is 27.8. The molecule has 0 aliphatic rings. The Morgan fingerprint density at radius 1 is 0.861 bits per heavy atom. The molecular weight excluding hydrogens is 496 g/mol. The summed E-state index contributed by atoms with van der Waals surface area (Å²) in [7, 11) is 0. The molecule has 0 atom stereocenters. The monoisotopic (exact) mass is 514 g/mol. The molecule has 0 spiro atoms. The van der Waals surface area contributed by atoms with Gasteiger partial charge in [-0.25, -0.2) is 10.2 Å². The van der Waals surface area contributed by atoms with Gasteiger partial charge >= 0.3 is 5.97 Å². The van der Waals surface area contributed by atoms with Gasteiger partial charge in [0.1, 0.15) is 16.4 Å². The fourth-order valence-electron chi connectivity index (χ4n) is 3.64. The Morgan fingerprint density at radius 2 is 1.56 bits per heavy atom. The second-order valence-corrected chi connectivity index (χ2v) is 9.16. The van der Waals surface area contributed by atoms with E-state index in [1.807, 2.05) is 66.7 Å². The van der Waals surface area contributed by atoms with Crippen molar-refractivity contribution < 1.29 is 19.1 Å². The highest BCUT2D eigenvalue weighted by Crippen LogP contribution is 2.36. The van der Waals surface area contributed by atoms with Crippen LogP contribution < -0.4 is 14.9 Å². The van der Waals surface area contributed by atoms with Crippen molar-refractivity contribution in [1.29, 1.82) is 0 Å². The second kappa shape index (κ2) is 10.6. The summed E-state index contributed by atoms with van der Waals surface area (Å²) in [4.78, 5) is 25.4. The van der Waals surface area contributed by atoms with E-state index in [0.29, 0.717) is 27.0 Å². The Balaban J connectivity index is 1.23. The molecule has 178 valence electrons. The van der Waals surface area contributed by atoms with Gasteiger partial charge in [0, 0.05) is 21.0 Å². The van der Waals surface area contributed by atoms with Gasteiger partial charge in [-0.15, -0.1) is 11.3 Å². The fraction of sp³-hybridized carbons (Fsp3) is 0.0357. The SMILES string of the molecule is O=C(COc1cccc2ccccc12)N/N=C/c1ccccc1OC(=O)c1sc2ccccc2c1Cl. The summed E-state index contributed by atoms with van der Waals surface area (Å²) >= 11 is 7.68. The first kappa shape index (κ1) is 23.5. The van der Waals surface area contributed by atoms with Gasteiger partial charge in [0.2, 0.25) is 0 Å². The smallest absolute Gasteiger partial charge is 0.355 e. The molecule has 1 aromatic heterocycles. The first-order valence-electron chi connectivity index (χ1n) is 11.0. The predicted octanol–water partition coefficient (Wildman–Crippen LogP) is 6.46. The lowest BCUT2D eigenvalue weighted by atomic mass is 10.1. The number of nitrogens with one attached hydrogen (secondary N) is 1. The van der Waals surface area contributed by atoms with Gasteiger partial charge in [-0.1, -0.05) is 78.3 Å². The highest BCUT2D eigenvalue weighted by atomic mass is 35.5. The van der Waals surface area contributed by atoms with Gasteiger partial charge in [0.25, 0.3) is 5.91 Å². The van der Waals surface area contributed by atoms with Crippen molar-refractivity contribution in [3.8, 4) is 11.5 Å². The number of carbonyl (C=O) groups excluding carboxylic acids is 2. The summed E-state index contributed by atoms with van der Waals surface area (Å²) in [6.07, 6.45) is 1.41. The minimum absolute atomic E-state index is 0.202. The minimum Gasteiger partial charge on any atom is -0.483 e. The van der Waals surface area contributed by atoms with Crippen LogP contribution in [-0.2, 0) is 4.79 Å². The van der Waals surface area contributed by atoms with E-state index in [9.17, 15) is 9.59 Å². The van der Waals surface area contributed by atoms with E-state index in [1.54, 1.807) is 24.3 Å². The number of hydrogen-bond acceptors (Lipinski definition) is 6. The maximum absolute atomic E-state index is 12.8. The number of esters is 1. The molecule has 0 fully saturated rings. The molecule has 1 amide bonds. The number of nitrogens with zero attached hydrogens (tertiary/aromatic N) is 1. The highest BCUT2D eigenvalue weighted by Gasteiger charge is 2.19. The van der Waals surface area contributed by atoms with Gasteiger partial charge < -0.3 is 9.47 Å². The zero-order valence-corrected chi connectivity index (χ0v) is 20.4. The second-order valence-electron chi connectivity index (χ2n) is 7.73. The fourth-order valence-corrected chi connectivity index (χ4v) is 5.03. The molecule has 1 N–H and O–H groups in total. The third-order valence-corrected chi connectivity index (χ3v) is 7.00. The van der Waals surface area contributed by atoms with E-state index in [2.05, 4.69) is 10.5 Å². The third kappa shape index (κ3) is 5.07. The lowest BCUT2D eigenvalue weighted by Crippen LogP contribution is -2.24. The molecule has 5 aromatic rings. The summed E-state index contributed by atoms with van der Waals surface area (Å²) in [5.41, 5.74) is 2.95. The molecule has 0 saturated heterocycles. The predicted molar refractivity (Wildman–Crippen MR) is 143 cm³/mol. The molecule has 0 radical (unpaired) electrons. The molecule has 0 aliphatic heterocycles. The van der Waals surface area contributed by atoms with Crippen molar-refractivity contribution in [2.24, 2.45) is 5.10 Å². The van der Waals surface area contributed by atoms with Gasteiger partial charge in [-0.3, -0.25) is 4.79 Å². The van der Waals surface area contributed by atoms with Crippen molar-refractivity contribution in [2.45, 2.75) is 0 Å². The molecule has 8 heteroatoms. The summed E-state index contributed by atoms with van der Waals surface area (Å²) in [6.45, 7) is -0.202. The van der Waals surface area contributed by atoms with Crippen molar-refractivity contribution >= 4 is 61.9 Å². The van der Waals surface area contributed by atoms with Crippen molar-refractivity contribution in [2.75, 3.05) is 6.61 Å². The molecule has 6 nitrogen and oxygen atoms in total. The number of thiophene rings is 1. The maximum Gasteiger partial charge on any atom is 0.355 e. The van der Waals surface area contributed by atoms with Crippen molar-refractivity contribution in [1.82, 2.24) is 5.43 Å². The van der Waals surface area contributed by atoms with E-state index in [0.717, 1.165) is 20.9 Å². The lowest BCUT2D eigenvalue weighted by molar-refractivity contribution is -0.123. The number of para-hydroxylation sites is 1. The lowest BCUT2D eigenvalue weighted by Gasteiger charge is -2.08. The molecule has 36 heavy (non-hydrogen) atoms. The van der Waals surface area contributed by atoms with E-state index in [-0.39, 0.29) is 6.61 Å². The Kier molecular flexibility index (Phi) is 6.93. The maximum atomic E-state index is 12.8. The number of benzene rings is 4. The van der Waals surface area contributed by atoms with Crippen LogP contribution in [0.1, 0.15) is 15.2 Å². The number of hydrazone groups is 1. The van der Waals surface area contributed by atoms with Crippen LogP contribution in [0.3, 0.4) is 0 Å². The zero-order valence-electron chi connectivity index (χ0n) is 18.8. The van der Waals surface area contributed by atoms with Crippen molar-refractivity contribution in [3.05, 3.63) is 106 Å². The van der Waals surface area contributed by atoms with Crippen LogP contribution in [-0.4, -0.2) is 24.7 Å². The summed E-state index contributed by atoms with van der Waals surface area (Å²) in [5, 5.41) is 7.11. The molecule has 0 unspecified atom stereocenters. The quantitative estimate of drug-likeness (QED) is 0.117. The third-order valence-electron chi connectivity index (χ3n) is 5.34. The number of halogens is 1. The van der Waals surface area contributed by atoms with Gasteiger partial charge in [0.05, 0.1) is 11.2 Å². The minimum atomic E-state index is -0.561.